The molecule has 144 valence electrons. The molecule has 1 amide bonds. The van der Waals surface area contributed by atoms with E-state index in [9.17, 15) is 4.79 Å². The average molecular weight is 393 g/mol. The van der Waals surface area contributed by atoms with E-state index in [1.165, 1.54) is 36.6 Å². The molecule has 2 aliphatic heterocycles. The molecule has 28 heavy (non-hydrogen) atoms. The van der Waals surface area contributed by atoms with Crippen molar-refractivity contribution in [3.63, 3.8) is 0 Å². The van der Waals surface area contributed by atoms with Crippen LogP contribution in [0.4, 0.5) is 0 Å². The molecule has 2 aromatic carbocycles. The Hall–Kier alpha value is -2.53. The van der Waals surface area contributed by atoms with Crippen LogP contribution in [0.25, 0.3) is 6.08 Å². The number of rotatable bonds is 4. The van der Waals surface area contributed by atoms with E-state index >= 15 is 0 Å². The molecule has 0 atom stereocenters. The third-order valence-electron chi connectivity index (χ3n) is 4.92. The van der Waals surface area contributed by atoms with Crippen LogP contribution in [0.3, 0.4) is 0 Å². The summed E-state index contributed by atoms with van der Waals surface area (Å²) in [6.07, 6.45) is 5.52. The topological polar surface area (TPSA) is 41.9 Å². The molecule has 4 rings (SSSR count). The Bertz CT molecular complexity index is 912. The summed E-state index contributed by atoms with van der Waals surface area (Å²) in [5, 5.41) is 0.850. The number of amidine groups is 1. The summed E-state index contributed by atoms with van der Waals surface area (Å²) in [7, 11) is 0. The maximum absolute atomic E-state index is 12.3. The maximum Gasteiger partial charge on any atom is 0.286 e. The van der Waals surface area contributed by atoms with Gasteiger partial charge in [0, 0.05) is 13.1 Å². The smallest absolute Gasteiger partial charge is 0.286 e. The summed E-state index contributed by atoms with van der Waals surface area (Å²) in [6.45, 7) is 4.59. The van der Waals surface area contributed by atoms with Gasteiger partial charge in [0.1, 0.15) is 12.4 Å². The van der Waals surface area contributed by atoms with Gasteiger partial charge in [0.15, 0.2) is 5.17 Å². The number of aliphatic imine (C=N–C) groups is 1. The second-order valence-corrected chi connectivity index (χ2v) is 8.21. The quantitative estimate of drug-likeness (QED) is 0.685. The third kappa shape index (κ3) is 4.65. The van der Waals surface area contributed by atoms with Gasteiger partial charge >= 0.3 is 0 Å². The molecule has 0 unspecified atom stereocenters. The van der Waals surface area contributed by atoms with Gasteiger partial charge in [-0.3, -0.25) is 4.79 Å². The van der Waals surface area contributed by atoms with Crippen LogP contribution in [-0.2, 0) is 11.4 Å². The van der Waals surface area contributed by atoms with Gasteiger partial charge < -0.3 is 9.64 Å². The fourth-order valence-electron chi connectivity index (χ4n) is 3.31. The largest absolute Gasteiger partial charge is 0.489 e. The zero-order chi connectivity index (χ0) is 19.3. The molecule has 4 nitrogen and oxygen atoms in total. The lowest BCUT2D eigenvalue weighted by Gasteiger charge is -2.27. The highest BCUT2D eigenvalue weighted by molar-refractivity contribution is 8.18. The second kappa shape index (κ2) is 8.65. The average Bonchev–Trinajstić information content (AvgIpc) is 3.09. The highest BCUT2D eigenvalue weighted by atomic mass is 32.2. The number of thioether (sulfide) groups is 1. The molecule has 0 spiro atoms. The van der Waals surface area contributed by atoms with Crippen LogP contribution in [0.15, 0.2) is 58.4 Å². The highest BCUT2D eigenvalue weighted by Gasteiger charge is 2.26. The first-order chi connectivity index (χ1) is 13.7. The van der Waals surface area contributed by atoms with Crippen molar-refractivity contribution < 1.29 is 9.53 Å². The van der Waals surface area contributed by atoms with Gasteiger partial charge in [0.25, 0.3) is 5.91 Å². The van der Waals surface area contributed by atoms with Crippen LogP contribution in [0.1, 0.15) is 36.0 Å². The number of hydrogen-bond donors (Lipinski definition) is 0. The number of ether oxygens (including phenoxy) is 1. The van der Waals surface area contributed by atoms with Crippen LogP contribution >= 0.6 is 11.8 Å². The van der Waals surface area contributed by atoms with Crippen molar-refractivity contribution in [2.75, 3.05) is 13.1 Å². The molecule has 0 aliphatic carbocycles. The van der Waals surface area contributed by atoms with Gasteiger partial charge in [-0.15, -0.1) is 0 Å². The third-order valence-corrected chi connectivity index (χ3v) is 5.96. The van der Waals surface area contributed by atoms with Crippen molar-refractivity contribution in [3.8, 4) is 5.75 Å². The minimum Gasteiger partial charge on any atom is -0.489 e. The lowest BCUT2D eigenvalue weighted by Crippen LogP contribution is -2.33. The normalized spacial score (nSPS) is 18.5. The van der Waals surface area contributed by atoms with Crippen molar-refractivity contribution in [1.29, 1.82) is 0 Å². The summed E-state index contributed by atoms with van der Waals surface area (Å²) < 4.78 is 5.92. The van der Waals surface area contributed by atoms with E-state index in [1.54, 1.807) is 0 Å². The van der Waals surface area contributed by atoms with E-state index in [4.69, 9.17) is 4.74 Å². The Morgan fingerprint density at radius 2 is 1.89 bits per heavy atom. The number of likely N-dealkylation sites (tertiary alicyclic amines) is 1. The first kappa shape index (κ1) is 18.8. The van der Waals surface area contributed by atoms with Gasteiger partial charge in [-0.25, -0.2) is 0 Å². The van der Waals surface area contributed by atoms with E-state index in [0.29, 0.717) is 11.5 Å². The van der Waals surface area contributed by atoms with E-state index in [1.807, 2.05) is 30.3 Å². The molecule has 0 aromatic heterocycles. The molecule has 1 fully saturated rings. The fraction of sp³-hybridized carbons (Fsp3) is 0.304. The van der Waals surface area contributed by atoms with Crippen LogP contribution in [0, 0.1) is 6.92 Å². The molecular formula is C23H24N2O2S. The first-order valence-corrected chi connectivity index (χ1v) is 10.5. The number of benzene rings is 2. The van der Waals surface area contributed by atoms with Crippen molar-refractivity contribution in [3.05, 3.63) is 70.1 Å². The number of carbonyl (C=O) groups excluding carboxylic acids is 1. The van der Waals surface area contributed by atoms with Crippen LogP contribution in [0.5, 0.6) is 5.75 Å². The molecule has 0 N–H and O–H groups in total. The van der Waals surface area contributed by atoms with E-state index < -0.39 is 0 Å². The lowest BCUT2D eigenvalue weighted by molar-refractivity contribution is -0.113. The Morgan fingerprint density at radius 1 is 1.11 bits per heavy atom. The molecule has 2 aromatic rings. The summed E-state index contributed by atoms with van der Waals surface area (Å²) in [4.78, 5) is 19.5. The second-order valence-electron chi connectivity index (χ2n) is 7.20. The standard InChI is InChI=1S/C23H24N2O2S/c1-17-8-10-18(11-9-17)16-27-20-7-5-6-19(14-20)15-21-22(26)24-23(28-21)25-12-3-2-4-13-25/h5-11,14-15H,2-4,12-13,16H2,1H3/b21-15-. The number of piperidine rings is 1. The van der Waals surface area contributed by atoms with E-state index in [0.717, 1.165) is 35.1 Å². The minimum atomic E-state index is -0.142. The highest BCUT2D eigenvalue weighted by Crippen LogP contribution is 2.32. The van der Waals surface area contributed by atoms with Gasteiger partial charge in [-0.1, -0.05) is 42.0 Å². The molecule has 2 heterocycles. The van der Waals surface area contributed by atoms with Crippen LogP contribution in [0.2, 0.25) is 0 Å². The van der Waals surface area contributed by atoms with Gasteiger partial charge in [0.05, 0.1) is 4.91 Å². The van der Waals surface area contributed by atoms with Crippen LogP contribution in [-0.4, -0.2) is 29.1 Å². The molecule has 5 heteroatoms. The first-order valence-electron chi connectivity index (χ1n) is 9.73. The summed E-state index contributed by atoms with van der Waals surface area (Å²) in [5.41, 5.74) is 3.32. The number of amides is 1. The number of aryl methyl sites for hydroxylation is 1. The predicted molar refractivity (Wildman–Crippen MR) is 115 cm³/mol. The van der Waals surface area contributed by atoms with Gasteiger partial charge in [0.2, 0.25) is 0 Å². The number of carbonyl (C=O) groups is 1. The Morgan fingerprint density at radius 3 is 2.68 bits per heavy atom. The lowest BCUT2D eigenvalue weighted by atomic mass is 10.1. The van der Waals surface area contributed by atoms with Gasteiger partial charge in [-0.2, -0.15) is 4.99 Å². The van der Waals surface area contributed by atoms with Gasteiger partial charge in [-0.05, 0) is 67.3 Å². The number of nitrogens with zero attached hydrogens (tertiary/aromatic N) is 2. The SMILES string of the molecule is Cc1ccc(COc2cccc(/C=C3\SC(N4CCCCC4)=NC3=O)c2)cc1. The molecule has 0 radical (unpaired) electrons. The Balaban J connectivity index is 1.41. The Labute approximate surface area is 170 Å². The predicted octanol–water partition coefficient (Wildman–Crippen LogP) is 5.03. The molecule has 0 bridgehead atoms. The minimum absolute atomic E-state index is 0.142. The fourth-order valence-corrected chi connectivity index (χ4v) is 4.28. The summed E-state index contributed by atoms with van der Waals surface area (Å²) in [6, 6.07) is 16.2. The molecule has 1 saturated heterocycles. The maximum atomic E-state index is 12.3. The monoisotopic (exact) mass is 392 g/mol. The summed E-state index contributed by atoms with van der Waals surface area (Å²) >= 11 is 1.48. The van der Waals surface area contributed by atoms with E-state index in [-0.39, 0.29) is 5.91 Å². The van der Waals surface area contributed by atoms with E-state index in [2.05, 4.69) is 41.1 Å². The zero-order valence-corrected chi connectivity index (χ0v) is 16.9. The summed E-state index contributed by atoms with van der Waals surface area (Å²) in [5.74, 6) is 0.652. The number of hydrogen-bond acceptors (Lipinski definition) is 4. The zero-order valence-electron chi connectivity index (χ0n) is 16.1. The van der Waals surface area contributed by atoms with Crippen LogP contribution < -0.4 is 4.74 Å². The van der Waals surface area contributed by atoms with Crippen molar-refractivity contribution >= 4 is 28.9 Å². The Kier molecular flexibility index (Phi) is 5.81. The van der Waals surface area contributed by atoms with Crippen molar-refractivity contribution in [1.82, 2.24) is 4.90 Å². The molecular weight excluding hydrogens is 368 g/mol. The van der Waals surface area contributed by atoms with Crippen molar-refractivity contribution in [2.24, 2.45) is 4.99 Å². The molecule has 2 aliphatic rings. The van der Waals surface area contributed by atoms with Crippen molar-refractivity contribution in [2.45, 2.75) is 32.8 Å². The molecule has 0 saturated carbocycles.